The molecule has 2 rings (SSSR count). The minimum Gasteiger partial charge on any atom is -0.465 e. The van der Waals surface area contributed by atoms with E-state index in [0.717, 1.165) is 0 Å². The van der Waals surface area contributed by atoms with Crippen molar-refractivity contribution in [3.63, 3.8) is 0 Å². The maximum absolute atomic E-state index is 10.8. The molecule has 0 bridgehead atoms. The Kier molecular flexibility index (Phi) is 2.00. The van der Waals surface area contributed by atoms with Gasteiger partial charge in [-0.2, -0.15) is 4.98 Å². The van der Waals surface area contributed by atoms with Crippen molar-refractivity contribution in [2.45, 2.75) is 19.8 Å². The number of esters is 1. The van der Waals surface area contributed by atoms with Crippen LogP contribution in [0.5, 0.6) is 0 Å². The highest BCUT2D eigenvalue weighted by molar-refractivity contribution is 5.71. The molecule has 0 N–H and O–H groups in total. The van der Waals surface area contributed by atoms with E-state index >= 15 is 0 Å². The molecular formula is C8H10N2O3. The molecule has 1 atom stereocenters. The zero-order chi connectivity index (χ0) is 9.26. The molecule has 0 spiro atoms. The predicted octanol–water partition coefficient (Wildman–Crippen LogP) is 0.484. The SMILES string of the molecule is Cc1noc(CC2COC(=O)C2)n1. The molecule has 1 aromatic heterocycles. The molecule has 0 aliphatic carbocycles. The fraction of sp³-hybridized carbons (Fsp3) is 0.625. The summed E-state index contributed by atoms with van der Waals surface area (Å²) in [6.07, 6.45) is 1.09. The van der Waals surface area contributed by atoms with Gasteiger partial charge in [-0.15, -0.1) is 0 Å². The second-order valence-corrected chi connectivity index (χ2v) is 3.19. The summed E-state index contributed by atoms with van der Waals surface area (Å²) in [6, 6.07) is 0. The van der Waals surface area contributed by atoms with E-state index in [9.17, 15) is 4.79 Å². The second-order valence-electron chi connectivity index (χ2n) is 3.19. The van der Waals surface area contributed by atoms with Gasteiger partial charge in [0.1, 0.15) is 0 Å². The predicted molar refractivity (Wildman–Crippen MR) is 41.8 cm³/mol. The number of hydrogen-bond donors (Lipinski definition) is 0. The van der Waals surface area contributed by atoms with Crippen LogP contribution in [0.1, 0.15) is 18.1 Å². The standard InChI is InChI=1S/C8H10N2O3/c1-5-9-7(13-10-5)2-6-3-8(11)12-4-6/h6H,2-4H2,1H3. The summed E-state index contributed by atoms with van der Waals surface area (Å²) in [5.41, 5.74) is 0. The van der Waals surface area contributed by atoms with E-state index in [-0.39, 0.29) is 11.9 Å². The number of carbonyl (C=O) groups excluding carboxylic acids is 1. The molecule has 1 saturated heterocycles. The lowest BCUT2D eigenvalue weighted by Crippen LogP contribution is -2.03. The van der Waals surface area contributed by atoms with Crippen LogP contribution in [0.25, 0.3) is 0 Å². The Labute approximate surface area is 75.1 Å². The van der Waals surface area contributed by atoms with Crippen LogP contribution in [0, 0.1) is 12.8 Å². The Hall–Kier alpha value is -1.39. The van der Waals surface area contributed by atoms with E-state index in [1.54, 1.807) is 6.92 Å². The lowest BCUT2D eigenvalue weighted by molar-refractivity contribution is -0.137. The Morgan fingerprint density at radius 3 is 3.00 bits per heavy atom. The van der Waals surface area contributed by atoms with E-state index in [1.807, 2.05) is 0 Å². The molecule has 0 aromatic carbocycles. The van der Waals surface area contributed by atoms with Crippen LogP contribution in [0.15, 0.2) is 4.52 Å². The number of aromatic nitrogens is 2. The third kappa shape index (κ3) is 1.85. The molecule has 1 aliphatic heterocycles. The maximum atomic E-state index is 10.8. The van der Waals surface area contributed by atoms with E-state index in [0.29, 0.717) is 31.2 Å². The van der Waals surface area contributed by atoms with Gasteiger partial charge in [-0.3, -0.25) is 4.79 Å². The van der Waals surface area contributed by atoms with Crippen LogP contribution in [-0.4, -0.2) is 22.7 Å². The zero-order valence-electron chi connectivity index (χ0n) is 7.32. The molecule has 0 saturated carbocycles. The largest absolute Gasteiger partial charge is 0.465 e. The minimum atomic E-state index is -0.138. The Balaban J connectivity index is 1.95. The van der Waals surface area contributed by atoms with Gasteiger partial charge < -0.3 is 9.26 Å². The Bertz CT molecular complexity index is 321. The number of aryl methyl sites for hydroxylation is 1. The van der Waals surface area contributed by atoms with Crippen LogP contribution >= 0.6 is 0 Å². The monoisotopic (exact) mass is 182 g/mol. The Morgan fingerprint density at radius 2 is 2.46 bits per heavy atom. The molecule has 5 heteroatoms. The summed E-state index contributed by atoms with van der Waals surface area (Å²) in [5, 5.41) is 3.67. The average molecular weight is 182 g/mol. The minimum absolute atomic E-state index is 0.138. The van der Waals surface area contributed by atoms with Gasteiger partial charge in [0.2, 0.25) is 5.89 Å². The molecule has 1 aliphatic rings. The van der Waals surface area contributed by atoms with E-state index in [4.69, 9.17) is 9.26 Å². The summed E-state index contributed by atoms with van der Waals surface area (Å²) in [6.45, 7) is 2.24. The number of ether oxygens (including phenoxy) is 1. The van der Waals surface area contributed by atoms with Crippen LogP contribution < -0.4 is 0 Å². The normalized spacial score (nSPS) is 21.9. The van der Waals surface area contributed by atoms with E-state index in [1.165, 1.54) is 0 Å². The molecular weight excluding hydrogens is 172 g/mol. The van der Waals surface area contributed by atoms with Crippen molar-refractivity contribution in [1.29, 1.82) is 0 Å². The van der Waals surface area contributed by atoms with Gasteiger partial charge in [0.25, 0.3) is 0 Å². The van der Waals surface area contributed by atoms with Gasteiger partial charge in [-0.25, -0.2) is 0 Å². The number of hydrogen-bond acceptors (Lipinski definition) is 5. The van der Waals surface area contributed by atoms with Crippen molar-refractivity contribution in [2.24, 2.45) is 5.92 Å². The van der Waals surface area contributed by atoms with Crippen molar-refractivity contribution >= 4 is 5.97 Å². The highest BCUT2D eigenvalue weighted by atomic mass is 16.5. The Morgan fingerprint density at radius 1 is 1.62 bits per heavy atom. The van der Waals surface area contributed by atoms with Gasteiger partial charge in [-0.1, -0.05) is 5.16 Å². The molecule has 1 fully saturated rings. The van der Waals surface area contributed by atoms with Crippen LogP contribution in [0.4, 0.5) is 0 Å². The van der Waals surface area contributed by atoms with Gasteiger partial charge in [0.15, 0.2) is 5.82 Å². The van der Waals surface area contributed by atoms with E-state index < -0.39 is 0 Å². The van der Waals surface area contributed by atoms with E-state index in [2.05, 4.69) is 10.1 Å². The number of nitrogens with zero attached hydrogens (tertiary/aromatic N) is 2. The summed E-state index contributed by atoms with van der Waals surface area (Å²) >= 11 is 0. The fourth-order valence-electron chi connectivity index (χ4n) is 1.37. The first-order chi connectivity index (χ1) is 6.24. The average Bonchev–Trinajstić information content (AvgIpc) is 2.62. The maximum Gasteiger partial charge on any atom is 0.306 e. The smallest absolute Gasteiger partial charge is 0.306 e. The summed E-state index contributed by atoms with van der Waals surface area (Å²) < 4.78 is 9.75. The summed E-state index contributed by atoms with van der Waals surface area (Å²) in [4.78, 5) is 14.8. The van der Waals surface area contributed by atoms with Crippen molar-refractivity contribution in [2.75, 3.05) is 6.61 Å². The zero-order valence-corrected chi connectivity index (χ0v) is 7.32. The number of cyclic esters (lactones) is 1. The molecule has 0 radical (unpaired) electrons. The molecule has 0 amide bonds. The topological polar surface area (TPSA) is 65.2 Å². The molecule has 13 heavy (non-hydrogen) atoms. The first kappa shape index (κ1) is 8.22. The van der Waals surface area contributed by atoms with Crippen LogP contribution in [0.2, 0.25) is 0 Å². The summed E-state index contributed by atoms with van der Waals surface area (Å²) in [7, 11) is 0. The van der Waals surface area contributed by atoms with Gasteiger partial charge in [0, 0.05) is 12.3 Å². The van der Waals surface area contributed by atoms with Crippen molar-refractivity contribution in [3.8, 4) is 0 Å². The van der Waals surface area contributed by atoms with Gasteiger partial charge in [-0.05, 0) is 6.92 Å². The van der Waals surface area contributed by atoms with Gasteiger partial charge >= 0.3 is 5.97 Å². The van der Waals surface area contributed by atoms with Crippen molar-refractivity contribution in [3.05, 3.63) is 11.7 Å². The van der Waals surface area contributed by atoms with Crippen LogP contribution in [0.3, 0.4) is 0 Å². The third-order valence-corrected chi connectivity index (χ3v) is 1.97. The highest BCUT2D eigenvalue weighted by Crippen LogP contribution is 2.18. The molecule has 70 valence electrons. The van der Waals surface area contributed by atoms with Gasteiger partial charge in [0.05, 0.1) is 13.0 Å². The quantitative estimate of drug-likeness (QED) is 0.622. The highest BCUT2D eigenvalue weighted by Gasteiger charge is 2.25. The fourth-order valence-corrected chi connectivity index (χ4v) is 1.37. The third-order valence-electron chi connectivity index (χ3n) is 1.97. The molecule has 5 nitrogen and oxygen atoms in total. The molecule has 1 aromatic rings. The molecule has 2 heterocycles. The summed E-state index contributed by atoms with van der Waals surface area (Å²) in [5.74, 6) is 1.27. The second kappa shape index (κ2) is 3.16. The lowest BCUT2D eigenvalue weighted by atomic mass is 10.1. The lowest BCUT2D eigenvalue weighted by Gasteiger charge is -1.98. The first-order valence-corrected chi connectivity index (χ1v) is 4.19. The number of carbonyl (C=O) groups is 1. The number of rotatable bonds is 2. The van der Waals surface area contributed by atoms with Crippen molar-refractivity contribution in [1.82, 2.24) is 10.1 Å². The molecule has 1 unspecified atom stereocenters. The van der Waals surface area contributed by atoms with Crippen molar-refractivity contribution < 1.29 is 14.1 Å². The first-order valence-electron chi connectivity index (χ1n) is 4.19. The van der Waals surface area contributed by atoms with Crippen LogP contribution in [-0.2, 0) is 16.0 Å².